The molecule has 0 heterocycles. The number of hydrogen-bond donors (Lipinski definition) is 5. The molecule has 0 fully saturated rings. The van der Waals surface area contributed by atoms with Crippen molar-refractivity contribution in [3.8, 4) is 11.1 Å². The maximum Gasteiger partial charge on any atom is 0.336 e. The summed E-state index contributed by atoms with van der Waals surface area (Å²) in [6.45, 7) is 3.35. The standard InChI is InChI=1S/C28H30N4O7S/c1-28(2,16-39-40(3,37)38)15-31-25(33)18-10-13-21(23(14-18)27(35)36)20-6-4-5-7-22(20)26(34)32-19-11-8-17(9-12-19)24(29)30/h4-14H,15-16H2,1-3H3,(H3,29,30)(H,31,33)(H,32,34)(H,35,36). The van der Waals surface area contributed by atoms with Crippen molar-refractivity contribution < 1.29 is 32.1 Å². The van der Waals surface area contributed by atoms with Crippen LogP contribution in [0.1, 0.15) is 50.5 Å². The van der Waals surface area contributed by atoms with Crippen LogP contribution in [0.15, 0.2) is 66.7 Å². The van der Waals surface area contributed by atoms with Gasteiger partial charge in [-0.05, 0) is 53.6 Å². The molecule has 0 unspecified atom stereocenters. The third-order valence-electron chi connectivity index (χ3n) is 5.82. The number of rotatable bonds is 11. The first-order chi connectivity index (χ1) is 18.7. The van der Waals surface area contributed by atoms with Crippen molar-refractivity contribution in [2.45, 2.75) is 13.8 Å². The number of benzene rings is 3. The number of nitrogen functional groups attached to an aromatic ring is 1. The highest BCUT2D eigenvalue weighted by molar-refractivity contribution is 7.85. The number of aromatic carboxylic acids is 1. The van der Waals surface area contributed by atoms with E-state index < -0.39 is 33.3 Å². The van der Waals surface area contributed by atoms with Gasteiger partial charge >= 0.3 is 5.97 Å². The fourth-order valence-electron chi connectivity index (χ4n) is 3.68. The number of carbonyl (C=O) groups is 3. The van der Waals surface area contributed by atoms with Gasteiger partial charge < -0.3 is 21.5 Å². The molecular formula is C28H30N4O7S. The lowest BCUT2D eigenvalue weighted by Gasteiger charge is -2.24. The van der Waals surface area contributed by atoms with Crippen LogP contribution in [0.4, 0.5) is 5.69 Å². The molecule has 210 valence electrons. The molecule has 40 heavy (non-hydrogen) atoms. The first-order valence-corrected chi connectivity index (χ1v) is 13.8. The van der Waals surface area contributed by atoms with Crippen LogP contribution in [0.2, 0.25) is 0 Å². The van der Waals surface area contributed by atoms with E-state index in [2.05, 4.69) is 10.6 Å². The van der Waals surface area contributed by atoms with Crippen LogP contribution in [0.3, 0.4) is 0 Å². The summed E-state index contributed by atoms with van der Waals surface area (Å²) in [5.41, 5.74) is 6.41. The van der Waals surface area contributed by atoms with Crippen LogP contribution in [-0.4, -0.2) is 56.6 Å². The smallest absolute Gasteiger partial charge is 0.336 e. The number of amides is 2. The minimum Gasteiger partial charge on any atom is -0.478 e. The maximum absolute atomic E-state index is 13.1. The summed E-state index contributed by atoms with van der Waals surface area (Å²) in [4.78, 5) is 38.1. The van der Waals surface area contributed by atoms with E-state index in [0.717, 1.165) is 6.26 Å². The van der Waals surface area contributed by atoms with Crippen molar-refractivity contribution in [3.63, 3.8) is 0 Å². The normalized spacial score (nSPS) is 11.5. The van der Waals surface area contributed by atoms with Crippen molar-refractivity contribution in [2.75, 3.05) is 24.7 Å². The monoisotopic (exact) mass is 566 g/mol. The van der Waals surface area contributed by atoms with E-state index in [1.54, 1.807) is 62.4 Å². The summed E-state index contributed by atoms with van der Waals surface area (Å²) in [7, 11) is -3.65. The quantitative estimate of drug-likeness (QED) is 0.133. The van der Waals surface area contributed by atoms with Gasteiger partial charge in [0.2, 0.25) is 0 Å². The average molecular weight is 567 g/mol. The van der Waals surface area contributed by atoms with Gasteiger partial charge in [0.25, 0.3) is 21.9 Å². The van der Waals surface area contributed by atoms with Gasteiger partial charge in [0.05, 0.1) is 18.4 Å². The van der Waals surface area contributed by atoms with Gasteiger partial charge in [-0.2, -0.15) is 8.42 Å². The van der Waals surface area contributed by atoms with Gasteiger partial charge in [-0.15, -0.1) is 0 Å². The maximum atomic E-state index is 13.1. The molecular weight excluding hydrogens is 536 g/mol. The van der Waals surface area contributed by atoms with Gasteiger partial charge in [-0.1, -0.05) is 38.1 Å². The van der Waals surface area contributed by atoms with E-state index in [-0.39, 0.29) is 41.2 Å². The fourth-order valence-corrected chi connectivity index (χ4v) is 4.22. The van der Waals surface area contributed by atoms with Crippen molar-refractivity contribution >= 4 is 39.4 Å². The van der Waals surface area contributed by atoms with E-state index in [9.17, 15) is 27.9 Å². The van der Waals surface area contributed by atoms with Gasteiger partial charge in [0.1, 0.15) is 5.84 Å². The largest absolute Gasteiger partial charge is 0.478 e. The summed E-state index contributed by atoms with van der Waals surface area (Å²) < 4.78 is 27.4. The van der Waals surface area contributed by atoms with Crippen LogP contribution < -0.4 is 16.4 Å². The van der Waals surface area contributed by atoms with E-state index in [4.69, 9.17) is 15.3 Å². The molecule has 0 spiro atoms. The highest BCUT2D eigenvalue weighted by atomic mass is 32.2. The van der Waals surface area contributed by atoms with E-state index >= 15 is 0 Å². The molecule has 3 aromatic rings. The Bertz CT molecular complexity index is 1570. The Morgan fingerprint density at radius 1 is 0.925 bits per heavy atom. The van der Waals surface area contributed by atoms with Crippen LogP contribution >= 0.6 is 0 Å². The molecule has 6 N–H and O–H groups in total. The number of amidine groups is 1. The SMILES string of the molecule is CC(C)(CNC(=O)c1ccc(-c2ccccc2C(=O)Nc2ccc(C(=N)N)cc2)c(C(=O)O)c1)COS(C)(=O)=O. The number of anilines is 1. The Kier molecular flexibility index (Phi) is 9.07. The molecule has 0 aromatic heterocycles. The molecule has 0 aliphatic rings. The molecule has 0 radical (unpaired) electrons. The lowest BCUT2D eigenvalue weighted by molar-refractivity contribution is 0.0697. The van der Waals surface area contributed by atoms with Crippen molar-refractivity contribution in [1.82, 2.24) is 5.32 Å². The Labute approximate surface area is 232 Å². The minimum atomic E-state index is -3.65. The highest BCUT2D eigenvalue weighted by Crippen LogP contribution is 2.29. The molecule has 11 nitrogen and oxygen atoms in total. The topological polar surface area (TPSA) is 189 Å². The molecule has 12 heteroatoms. The minimum absolute atomic E-state index is 0.0713. The summed E-state index contributed by atoms with van der Waals surface area (Å²) in [5.74, 6) is -2.43. The summed E-state index contributed by atoms with van der Waals surface area (Å²) in [6.07, 6.45) is 0.936. The van der Waals surface area contributed by atoms with Crippen LogP contribution in [0.5, 0.6) is 0 Å². The molecule has 0 atom stereocenters. The zero-order valence-corrected chi connectivity index (χ0v) is 23.0. The summed E-state index contributed by atoms with van der Waals surface area (Å²) in [5, 5.41) is 22.9. The van der Waals surface area contributed by atoms with Gasteiger partial charge in [0.15, 0.2) is 0 Å². The number of nitrogens with two attached hydrogens (primary N) is 1. The molecule has 0 aliphatic carbocycles. The number of carboxylic acids is 1. The Hall–Kier alpha value is -4.55. The highest BCUT2D eigenvalue weighted by Gasteiger charge is 2.24. The molecule has 0 saturated heterocycles. The van der Waals surface area contributed by atoms with Gasteiger partial charge in [0, 0.05) is 34.3 Å². The molecule has 0 saturated carbocycles. The Balaban J connectivity index is 1.85. The third-order valence-corrected chi connectivity index (χ3v) is 6.37. The average Bonchev–Trinajstić information content (AvgIpc) is 2.90. The van der Waals surface area contributed by atoms with Crippen molar-refractivity contribution in [2.24, 2.45) is 11.1 Å². The number of nitrogens with one attached hydrogen (secondary N) is 3. The number of hydrogen-bond acceptors (Lipinski definition) is 7. The predicted octanol–water partition coefficient (Wildman–Crippen LogP) is 3.32. The molecule has 2 amide bonds. The molecule has 0 bridgehead atoms. The fraction of sp³-hybridized carbons (Fsp3) is 0.214. The van der Waals surface area contributed by atoms with E-state index in [1.165, 1.54) is 18.2 Å². The second-order valence-corrected chi connectivity index (χ2v) is 11.5. The molecule has 3 aromatic carbocycles. The van der Waals surface area contributed by atoms with Crippen LogP contribution in [-0.2, 0) is 14.3 Å². The Morgan fingerprint density at radius 2 is 1.52 bits per heavy atom. The zero-order valence-electron chi connectivity index (χ0n) is 22.1. The first-order valence-electron chi connectivity index (χ1n) is 12.0. The van der Waals surface area contributed by atoms with Crippen LogP contribution in [0.25, 0.3) is 11.1 Å². The summed E-state index contributed by atoms with van der Waals surface area (Å²) >= 11 is 0. The number of carboxylic acid groups (broad SMARTS) is 1. The van der Waals surface area contributed by atoms with Gasteiger partial charge in [-0.25, -0.2) is 4.79 Å². The van der Waals surface area contributed by atoms with E-state index in [1.807, 2.05) is 0 Å². The van der Waals surface area contributed by atoms with Crippen LogP contribution in [0, 0.1) is 10.8 Å². The molecule has 0 aliphatic heterocycles. The third kappa shape index (κ3) is 7.98. The second kappa shape index (κ2) is 12.1. The zero-order chi connectivity index (χ0) is 29.7. The predicted molar refractivity (Wildman–Crippen MR) is 151 cm³/mol. The first kappa shape index (κ1) is 30.0. The van der Waals surface area contributed by atoms with Crippen molar-refractivity contribution in [1.29, 1.82) is 5.41 Å². The van der Waals surface area contributed by atoms with Gasteiger partial charge in [-0.3, -0.25) is 19.2 Å². The lowest BCUT2D eigenvalue weighted by Crippen LogP contribution is -2.37. The second-order valence-electron chi connectivity index (χ2n) is 9.87. The Morgan fingerprint density at radius 3 is 2.12 bits per heavy atom. The van der Waals surface area contributed by atoms with E-state index in [0.29, 0.717) is 16.8 Å². The summed E-state index contributed by atoms with van der Waals surface area (Å²) in [6, 6.07) is 17.0. The van der Waals surface area contributed by atoms with Crippen molar-refractivity contribution in [3.05, 3.63) is 89.0 Å². The lowest BCUT2D eigenvalue weighted by atomic mass is 9.92. The molecule has 3 rings (SSSR count). The number of carbonyl (C=O) groups excluding carboxylic acids is 2.